The molecule has 0 saturated heterocycles. The molecule has 0 fully saturated rings. The zero-order chi connectivity index (χ0) is 16.7. The number of hydrogen-bond donors (Lipinski definition) is 1. The predicted octanol–water partition coefficient (Wildman–Crippen LogP) is 3.27. The third kappa shape index (κ3) is 2.11. The lowest BCUT2D eigenvalue weighted by molar-refractivity contribution is 0.394. The van der Waals surface area contributed by atoms with Gasteiger partial charge >= 0.3 is 0 Å². The van der Waals surface area contributed by atoms with Crippen LogP contribution < -0.4 is 9.47 Å². The average Bonchev–Trinajstić information content (AvgIpc) is 2.98. The molecule has 2 aromatic carbocycles. The molecule has 120 valence electrons. The van der Waals surface area contributed by atoms with Crippen LogP contribution in [0.25, 0.3) is 27.9 Å². The van der Waals surface area contributed by atoms with Gasteiger partial charge in [0.1, 0.15) is 17.2 Å². The van der Waals surface area contributed by atoms with Crippen LogP contribution in [0.1, 0.15) is 0 Å². The zero-order valence-electron chi connectivity index (χ0n) is 13.2. The number of ether oxygens (including phenoxy) is 2. The standard InChI is InChI=1S/C18H15N3O3/c1-23-12-7-11(8-13(9-12)24-2)17-18(22)21-15-6-4-3-5-14(15)19-10-16(21)20-17/h3-10,22H,1-2H3. The summed E-state index contributed by atoms with van der Waals surface area (Å²) in [5, 5.41) is 10.8. The van der Waals surface area contributed by atoms with Gasteiger partial charge in [0.15, 0.2) is 5.65 Å². The monoisotopic (exact) mass is 321 g/mol. The highest BCUT2D eigenvalue weighted by Crippen LogP contribution is 2.35. The molecule has 0 aliphatic carbocycles. The fraction of sp³-hybridized carbons (Fsp3) is 0.111. The maximum absolute atomic E-state index is 10.8. The van der Waals surface area contributed by atoms with Gasteiger partial charge in [0.2, 0.25) is 5.88 Å². The summed E-state index contributed by atoms with van der Waals surface area (Å²) in [6.45, 7) is 0. The number of fused-ring (bicyclic) bond motifs is 3. The van der Waals surface area contributed by atoms with Crippen molar-refractivity contribution in [3.63, 3.8) is 0 Å². The molecular weight excluding hydrogens is 306 g/mol. The van der Waals surface area contributed by atoms with E-state index in [-0.39, 0.29) is 5.88 Å². The second kappa shape index (κ2) is 5.42. The van der Waals surface area contributed by atoms with E-state index in [1.54, 1.807) is 43.0 Å². The van der Waals surface area contributed by atoms with Crippen molar-refractivity contribution in [2.45, 2.75) is 0 Å². The topological polar surface area (TPSA) is 68.9 Å². The lowest BCUT2D eigenvalue weighted by atomic mass is 10.1. The molecular formula is C18H15N3O3. The van der Waals surface area contributed by atoms with Crippen molar-refractivity contribution in [3.8, 4) is 28.6 Å². The van der Waals surface area contributed by atoms with E-state index < -0.39 is 0 Å². The van der Waals surface area contributed by atoms with E-state index in [1.807, 2.05) is 24.3 Å². The molecule has 0 aliphatic heterocycles. The Morgan fingerprint density at radius 1 is 1.00 bits per heavy atom. The van der Waals surface area contributed by atoms with Gasteiger partial charge in [-0.3, -0.25) is 9.38 Å². The summed E-state index contributed by atoms with van der Waals surface area (Å²) in [6.07, 6.45) is 1.64. The second-order valence-electron chi connectivity index (χ2n) is 5.33. The third-order valence-corrected chi connectivity index (χ3v) is 3.95. The molecule has 1 N–H and O–H groups in total. The summed E-state index contributed by atoms with van der Waals surface area (Å²) in [5.41, 5.74) is 3.30. The lowest BCUT2D eigenvalue weighted by Gasteiger charge is -2.07. The first-order chi connectivity index (χ1) is 11.7. The molecule has 4 rings (SSSR count). The minimum absolute atomic E-state index is 0.0545. The molecule has 0 saturated carbocycles. The van der Waals surface area contributed by atoms with Crippen molar-refractivity contribution >= 4 is 16.7 Å². The Hall–Kier alpha value is -3.28. The highest BCUT2D eigenvalue weighted by molar-refractivity contribution is 5.81. The lowest BCUT2D eigenvalue weighted by Crippen LogP contribution is -1.90. The van der Waals surface area contributed by atoms with Gasteiger partial charge in [-0.25, -0.2) is 4.98 Å². The van der Waals surface area contributed by atoms with Crippen LogP contribution in [-0.2, 0) is 0 Å². The summed E-state index contributed by atoms with van der Waals surface area (Å²) in [5.74, 6) is 1.31. The number of para-hydroxylation sites is 2. The number of rotatable bonds is 3. The average molecular weight is 321 g/mol. The van der Waals surface area contributed by atoms with Crippen LogP contribution in [0.5, 0.6) is 17.4 Å². The molecule has 4 aromatic rings. The van der Waals surface area contributed by atoms with Gasteiger partial charge in [-0.05, 0) is 24.3 Å². The van der Waals surface area contributed by atoms with E-state index in [0.717, 1.165) is 11.0 Å². The van der Waals surface area contributed by atoms with Crippen molar-refractivity contribution in [2.24, 2.45) is 0 Å². The number of aromatic hydroxyl groups is 1. The van der Waals surface area contributed by atoms with Gasteiger partial charge in [0.05, 0.1) is 31.4 Å². The second-order valence-corrected chi connectivity index (χ2v) is 5.33. The van der Waals surface area contributed by atoms with Crippen LogP contribution in [0, 0.1) is 0 Å². The number of benzene rings is 2. The maximum atomic E-state index is 10.8. The van der Waals surface area contributed by atoms with Crippen molar-refractivity contribution in [1.82, 2.24) is 14.4 Å². The largest absolute Gasteiger partial charge is 0.497 e. The van der Waals surface area contributed by atoms with Crippen LogP contribution >= 0.6 is 0 Å². The van der Waals surface area contributed by atoms with E-state index in [0.29, 0.717) is 28.4 Å². The Labute approximate surface area is 137 Å². The minimum atomic E-state index is 0.0545. The minimum Gasteiger partial charge on any atom is -0.497 e. The molecule has 0 aliphatic rings. The maximum Gasteiger partial charge on any atom is 0.224 e. The van der Waals surface area contributed by atoms with Gasteiger partial charge in [-0.1, -0.05) is 12.1 Å². The summed E-state index contributed by atoms with van der Waals surface area (Å²) >= 11 is 0. The Morgan fingerprint density at radius 3 is 2.42 bits per heavy atom. The summed E-state index contributed by atoms with van der Waals surface area (Å²) in [6, 6.07) is 13.0. The van der Waals surface area contributed by atoms with E-state index in [9.17, 15) is 5.11 Å². The van der Waals surface area contributed by atoms with Crippen LogP contribution in [0.2, 0.25) is 0 Å². The molecule has 0 bridgehead atoms. The fourth-order valence-electron chi connectivity index (χ4n) is 2.78. The first-order valence-electron chi connectivity index (χ1n) is 7.40. The van der Waals surface area contributed by atoms with Crippen LogP contribution in [-0.4, -0.2) is 33.7 Å². The number of nitrogens with zero attached hydrogens (tertiary/aromatic N) is 3. The smallest absolute Gasteiger partial charge is 0.224 e. The van der Waals surface area contributed by atoms with E-state index >= 15 is 0 Å². The molecule has 6 nitrogen and oxygen atoms in total. The van der Waals surface area contributed by atoms with E-state index in [4.69, 9.17) is 9.47 Å². The van der Waals surface area contributed by atoms with E-state index in [1.165, 1.54) is 0 Å². The normalized spacial score (nSPS) is 11.1. The predicted molar refractivity (Wildman–Crippen MR) is 90.7 cm³/mol. The van der Waals surface area contributed by atoms with Gasteiger partial charge in [-0.2, -0.15) is 0 Å². The first kappa shape index (κ1) is 14.3. The van der Waals surface area contributed by atoms with Crippen molar-refractivity contribution < 1.29 is 14.6 Å². The molecule has 2 heterocycles. The molecule has 0 unspecified atom stereocenters. The van der Waals surface area contributed by atoms with Crippen LogP contribution in [0.3, 0.4) is 0 Å². The molecule has 0 spiro atoms. The molecule has 0 radical (unpaired) electrons. The van der Waals surface area contributed by atoms with Crippen LogP contribution in [0.15, 0.2) is 48.7 Å². The highest BCUT2D eigenvalue weighted by atomic mass is 16.5. The number of aromatic nitrogens is 3. The third-order valence-electron chi connectivity index (χ3n) is 3.95. The highest BCUT2D eigenvalue weighted by Gasteiger charge is 2.17. The summed E-state index contributed by atoms with van der Waals surface area (Å²) in [7, 11) is 3.17. The molecule has 24 heavy (non-hydrogen) atoms. The van der Waals surface area contributed by atoms with Gasteiger partial charge < -0.3 is 14.6 Å². The Balaban J connectivity index is 2.01. The molecule has 2 aromatic heterocycles. The first-order valence-corrected chi connectivity index (χ1v) is 7.40. The summed E-state index contributed by atoms with van der Waals surface area (Å²) < 4.78 is 12.3. The van der Waals surface area contributed by atoms with Crippen LogP contribution in [0.4, 0.5) is 0 Å². The number of methoxy groups -OCH3 is 2. The quantitative estimate of drug-likeness (QED) is 0.627. The Morgan fingerprint density at radius 2 is 1.71 bits per heavy atom. The fourth-order valence-corrected chi connectivity index (χ4v) is 2.78. The van der Waals surface area contributed by atoms with Crippen molar-refractivity contribution in [2.75, 3.05) is 14.2 Å². The van der Waals surface area contributed by atoms with Gasteiger partial charge in [0, 0.05) is 11.6 Å². The number of imidazole rings is 1. The molecule has 0 atom stereocenters. The Bertz CT molecular complexity index is 1030. The van der Waals surface area contributed by atoms with Crippen molar-refractivity contribution in [1.29, 1.82) is 0 Å². The van der Waals surface area contributed by atoms with Crippen molar-refractivity contribution in [3.05, 3.63) is 48.7 Å². The molecule has 0 amide bonds. The summed E-state index contributed by atoms with van der Waals surface area (Å²) in [4.78, 5) is 8.90. The SMILES string of the molecule is COc1cc(OC)cc(-c2nc3cnc4ccccc4n3c2O)c1. The van der Waals surface area contributed by atoms with Gasteiger partial charge in [0.25, 0.3) is 0 Å². The van der Waals surface area contributed by atoms with Gasteiger partial charge in [-0.15, -0.1) is 0 Å². The Kier molecular flexibility index (Phi) is 3.23. The molecule has 6 heteroatoms. The zero-order valence-corrected chi connectivity index (χ0v) is 13.2. The number of hydrogen-bond acceptors (Lipinski definition) is 5. The van der Waals surface area contributed by atoms with E-state index in [2.05, 4.69) is 9.97 Å².